The zero-order valence-corrected chi connectivity index (χ0v) is 17.7. The predicted octanol–water partition coefficient (Wildman–Crippen LogP) is 5.56. The van der Waals surface area contributed by atoms with E-state index in [4.69, 9.17) is 11.6 Å². The minimum atomic E-state index is -0.293. The highest BCUT2D eigenvalue weighted by Crippen LogP contribution is 2.19. The average Bonchev–Trinajstić information content (AvgIpc) is 2.74. The van der Waals surface area contributed by atoms with Crippen LogP contribution in [0.15, 0.2) is 71.5 Å². The van der Waals surface area contributed by atoms with Gasteiger partial charge in [-0.25, -0.2) is 0 Å². The molecule has 3 unspecified atom stereocenters. The van der Waals surface area contributed by atoms with E-state index in [2.05, 4.69) is 77.6 Å². The molecule has 3 N–H and O–H groups in total. The minimum absolute atomic E-state index is 0.146. The normalized spacial score (nSPS) is 22.1. The Morgan fingerprint density at radius 2 is 1.79 bits per heavy atom. The van der Waals surface area contributed by atoms with Crippen LogP contribution in [-0.2, 0) is 0 Å². The van der Waals surface area contributed by atoms with Gasteiger partial charge in [0.25, 0.3) is 0 Å². The number of nitrogens with one attached hydrogen (secondary N) is 3. The molecular formula is C24H34ClN3. The smallest absolute Gasteiger partial charge is 0.156 e. The summed E-state index contributed by atoms with van der Waals surface area (Å²) in [5, 5.41) is 10.7. The Hall–Kier alpha value is -1.55. The third-order valence-corrected chi connectivity index (χ3v) is 5.76. The molecule has 3 nitrogen and oxygen atoms in total. The first-order valence-corrected chi connectivity index (χ1v) is 11.1. The fourth-order valence-electron chi connectivity index (χ4n) is 3.87. The van der Waals surface area contributed by atoms with Crippen molar-refractivity contribution in [2.24, 2.45) is 0 Å². The van der Waals surface area contributed by atoms with Crippen molar-refractivity contribution in [3.63, 3.8) is 0 Å². The Balaban J connectivity index is 1.57. The molecule has 0 heterocycles. The van der Waals surface area contributed by atoms with Crippen molar-refractivity contribution in [3.05, 3.63) is 71.5 Å². The van der Waals surface area contributed by atoms with E-state index in [1.807, 2.05) is 0 Å². The van der Waals surface area contributed by atoms with Crippen LogP contribution in [0.5, 0.6) is 0 Å². The van der Waals surface area contributed by atoms with E-state index in [9.17, 15) is 0 Å². The van der Waals surface area contributed by atoms with Crippen molar-refractivity contribution in [2.75, 3.05) is 0 Å². The summed E-state index contributed by atoms with van der Waals surface area (Å²) in [6.07, 6.45) is 28.9. The molecule has 0 aromatic heterocycles. The van der Waals surface area contributed by atoms with Crippen LogP contribution >= 0.6 is 11.6 Å². The zero-order chi connectivity index (χ0) is 19.6. The van der Waals surface area contributed by atoms with E-state index in [-0.39, 0.29) is 11.8 Å². The molecule has 0 fully saturated rings. The Bertz CT molecular complexity index is 684. The molecule has 3 aliphatic carbocycles. The van der Waals surface area contributed by atoms with E-state index in [0.29, 0.717) is 6.04 Å². The van der Waals surface area contributed by atoms with Gasteiger partial charge in [0, 0.05) is 11.7 Å². The molecular weight excluding hydrogens is 366 g/mol. The molecule has 3 rings (SSSR count). The topological polar surface area (TPSA) is 36.1 Å². The Kier molecular flexibility index (Phi) is 8.66. The molecule has 3 atom stereocenters. The van der Waals surface area contributed by atoms with Gasteiger partial charge in [0.2, 0.25) is 0 Å². The lowest BCUT2D eigenvalue weighted by atomic mass is 9.98. The monoisotopic (exact) mass is 399 g/mol. The van der Waals surface area contributed by atoms with Gasteiger partial charge in [0.15, 0.2) is 5.62 Å². The van der Waals surface area contributed by atoms with Crippen molar-refractivity contribution in [2.45, 2.75) is 76.1 Å². The van der Waals surface area contributed by atoms with Gasteiger partial charge in [0.1, 0.15) is 0 Å². The summed E-state index contributed by atoms with van der Waals surface area (Å²) < 4.78 is 0. The molecule has 0 radical (unpaired) electrons. The zero-order valence-electron chi connectivity index (χ0n) is 17.0. The minimum Gasteiger partial charge on any atom is -0.361 e. The van der Waals surface area contributed by atoms with E-state index in [0.717, 1.165) is 44.9 Å². The SMILES string of the molecule is CC(NC(CCC1=CCCC=C1)NC(Cl)NC1=CC=CCC1)C1=CC=CCC1. The Labute approximate surface area is 175 Å². The summed E-state index contributed by atoms with van der Waals surface area (Å²) >= 11 is 6.62. The van der Waals surface area contributed by atoms with Crippen molar-refractivity contribution < 1.29 is 0 Å². The van der Waals surface area contributed by atoms with Crippen LogP contribution in [0, 0.1) is 0 Å². The number of alkyl halides is 1. The number of hydrogen-bond acceptors (Lipinski definition) is 3. The molecule has 0 aromatic rings. The van der Waals surface area contributed by atoms with Crippen LogP contribution < -0.4 is 16.0 Å². The largest absolute Gasteiger partial charge is 0.361 e. The van der Waals surface area contributed by atoms with Gasteiger partial charge < -0.3 is 5.32 Å². The summed E-state index contributed by atoms with van der Waals surface area (Å²) in [7, 11) is 0. The molecule has 28 heavy (non-hydrogen) atoms. The summed E-state index contributed by atoms with van der Waals surface area (Å²) in [4.78, 5) is 0. The van der Waals surface area contributed by atoms with Crippen molar-refractivity contribution in [1.82, 2.24) is 16.0 Å². The fourth-order valence-corrected chi connectivity index (χ4v) is 4.17. The first-order chi connectivity index (χ1) is 13.7. The van der Waals surface area contributed by atoms with Gasteiger partial charge in [-0.3, -0.25) is 10.6 Å². The molecule has 4 heteroatoms. The molecule has 0 spiro atoms. The maximum atomic E-state index is 6.62. The number of hydrogen-bond donors (Lipinski definition) is 3. The lowest BCUT2D eigenvalue weighted by molar-refractivity contribution is 0.354. The van der Waals surface area contributed by atoms with Crippen molar-refractivity contribution in [1.29, 1.82) is 0 Å². The second-order valence-electron chi connectivity index (χ2n) is 7.78. The third kappa shape index (κ3) is 7.12. The van der Waals surface area contributed by atoms with Gasteiger partial charge in [-0.1, -0.05) is 71.4 Å². The number of halogens is 1. The molecule has 0 amide bonds. The van der Waals surface area contributed by atoms with Crippen LogP contribution in [0.25, 0.3) is 0 Å². The summed E-state index contributed by atoms with van der Waals surface area (Å²) in [6.45, 7) is 2.25. The quantitative estimate of drug-likeness (QED) is 0.255. The van der Waals surface area contributed by atoms with Gasteiger partial charge in [-0.2, -0.15) is 0 Å². The van der Waals surface area contributed by atoms with Gasteiger partial charge in [0.05, 0.1) is 6.17 Å². The number of allylic oxidation sites excluding steroid dienone is 11. The molecule has 152 valence electrons. The van der Waals surface area contributed by atoms with Crippen LogP contribution in [0.2, 0.25) is 0 Å². The summed E-state index contributed by atoms with van der Waals surface area (Å²) in [6, 6.07) is 0.332. The van der Waals surface area contributed by atoms with Crippen LogP contribution in [0.1, 0.15) is 58.3 Å². The van der Waals surface area contributed by atoms with Crippen LogP contribution in [0.3, 0.4) is 0 Å². The van der Waals surface area contributed by atoms with Gasteiger partial charge in [-0.15, -0.1) is 0 Å². The lowest BCUT2D eigenvalue weighted by Gasteiger charge is -2.30. The second kappa shape index (κ2) is 11.5. The molecule has 0 saturated heterocycles. The molecule has 0 bridgehead atoms. The molecule has 0 saturated carbocycles. The third-order valence-electron chi connectivity index (χ3n) is 5.52. The van der Waals surface area contributed by atoms with Crippen LogP contribution in [0.4, 0.5) is 0 Å². The maximum absolute atomic E-state index is 6.62. The highest BCUT2D eigenvalue weighted by atomic mass is 35.5. The van der Waals surface area contributed by atoms with E-state index >= 15 is 0 Å². The fraction of sp³-hybridized carbons (Fsp3) is 0.500. The standard InChI is InChI=1S/C24H34ClN3/c1-19(21-13-7-3-8-14-21)26-23(18-17-20-11-5-2-6-12-20)28-24(25)27-22-15-9-4-10-16-22/h3-5,7,9,11-13,15,19,23-24,26-28H,2,6,8,10,14,16-18H2,1H3. The van der Waals surface area contributed by atoms with E-state index in [1.54, 1.807) is 0 Å². The first kappa shape index (κ1) is 21.2. The molecule has 0 aliphatic heterocycles. The summed E-state index contributed by atoms with van der Waals surface area (Å²) in [5.74, 6) is 0. The Morgan fingerprint density at radius 3 is 2.46 bits per heavy atom. The number of rotatable bonds is 10. The maximum Gasteiger partial charge on any atom is 0.156 e. The Morgan fingerprint density at radius 1 is 0.964 bits per heavy atom. The molecule has 0 aromatic carbocycles. The summed E-state index contributed by atoms with van der Waals surface area (Å²) in [5.41, 5.74) is 3.80. The van der Waals surface area contributed by atoms with E-state index in [1.165, 1.54) is 23.3 Å². The lowest BCUT2D eigenvalue weighted by Crippen LogP contribution is -2.53. The van der Waals surface area contributed by atoms with Gasteiger partial charge >= 0.3 is 0 Å². The first-order valence-electron chi connectivity index (χ1n) is 10.7. The van der Waals surface area contributed by atoms with Crippen molar-refractivity contribution in [3.8, 4) is 0 Å². The van der Waals surface area contributed by atoms with E-state index < -0.39 is 0 Å². The average molecular weight is 400 g/mol. The second-order valence-corrected chi connectivity index (χ2v) is 8.22. The van der Waals surface area contributed by atoms with Crippen LogP contribution in [-0.4, -0.2) is 17.8 Å². The predicted molar refractivity (Wildman–Crippen MR) is 121 cm³/mol. The van der Waals surface area contributed by atoms with Gasteiger partial charge in [-0.05, 0) is 64.4 Å². The van der Waals surface area contributed by atoms with Crippen molar-refractivity contribution >= 4 is 11.6 Å². The highest BCUT2D eigenvalue weighted by molar-refractivity contribution is 6.20. The molecule has 3 aliphatic rings. The highest BCUT2D eigenvalue weighted by Gasteiger charge is 2.19.